The van der Waals surface area contributed by atoms with Gasteiger partial charge in [0.05, 0.1) is 17.7 Å². The van der Waals surface area contributed by atoms with Crippen molar-refractivity contribution in [1.29, 1.82) is 0 Å². The molecule has 1 aromatic rings. The number of aromatic amines is 1. The van der Waals surface area contributed by atoms with Crippen molar-refractivity contribution in [1.82, 2.24) is 9.55 Å². The number of nitrogens with zero attached hydrogens (tertiary/aromatic N) is 1. The topological polar surface area (TPSA) is 117 Å². The number of H-pyrrole nitrogens is 1. The van der Waals surface area contributed by atoms with Crippen LogP contribution in [0.2, 0.25) is 0 Å². The van der Waals surface area contributed by atoms with Gasteiger partial charge in [0.2, 0.25) is 6.30 Å². The van der Waals surface area contributed by atoms with Crippen LogP contribution >= 0.6 is 11.6 Å². The molecule has 0 aliphatic rings. The zero-order valence-corrected chi connectivity index (χ0v) is 17.7. The van der Waals surface area contributed by atoms with Gasteiger partial charge in [0.25, 0.3) is 5.56 Å². The van der Waals surface area contributed by atoms with Gasteiger partial charge in [-0.15, -0.1) is 11.6 Å². The van der Waals surface area contributed by atoms with Crippen molar-refractivity contribution >= 4 is 23.5 Å². The molecule has 0 fully saturated rings. The zero-order chi connectivity index (χ0) is 22.4. The smallest absolute Gasteiger partial charge is 0.330 e. The first kappa shape index (κ1) is 24.8. The standard InChI is InChI=1S/C18H26ClFN2O7/c1-10(2)15(24)28-9-18(8-19,27-5)13(29-16(25)11(3)4)14(20)22-7-6-12(23)21-17(22)26/h6-7,10-11,13-14H,8-9H2,1-5H3,(H,21,23,26)/t13-,14-,18+/m0/s1. The fourth-order valence-corrected chi connectivity index (χ4v) is 2.57. The number of aromatic nitrogens is 2. The van der Waals surface area contributed by atoms with Crippen LogP contribution in [-0.4, -0.2) is 52.8 Å². The molecule has 1 rings (SSSR count). The van der Waals surface area contributed by atoms with Crippen molar-refractivity contribution in [3.05, 3.63) is 33.1 Å². The van der Waals surface area contributed by atoms with Crippen LogP contribution < -0.4 is 11.2 Å². The summed E-state index contributed by atoms with van der Waals surface area (Å²) in [6, 6.07) is 0.934. The van der Waals surface area contributed by atoms with Gasteiger partial charge < -0.3 is 14.2 Å². The summed E-state index contributed by atoms with van der Waals surface area (Å²) in [7, 11) is 1.18. The maximum Gasteiger partial charge on any atom is 0.330 e. The number of carbonyl (C=O) groups excluding carboxylic acids is 2. The van der Waals surface area contributed by atoms with Crippen LogP contribution in [0.5, 0.6) is 0 Å². The predicted octanol–water partition coefficient (Wildman–Crippen LogP) is 1.40. The van der Waals surface area contributed by atoms with Crippen molar-refractivity contribution in [2.45, 2.75) is 45.7 Å². The van der Waals surface area contributed by atoms with Crippen molar-refractivity contribution in [3.8, 4) is 0 Å². The lowest BCUT2D eigenvalue weighted by Gasteiger charge is -2.38. The van der Waals surface area contributed by atoms with Crippen LogP contribution in [0.4, 0.5) is 4.39 Å². The van der Waals surface area contributed by atoms with E-state index in [-0.39, 0.29) is 0 Å². The van der Waals surface area contributed by atoms with Gasteiger partial charge in [0.1, 0.15) is 6.61 Å². The largest absolute Gasteiger partial charge is 0.462 e. The van der Waals surface area contributed by atoms with E-state index in [1.54, 1.807) is 13.8 Å². The molecular weight excluding hydrogens is 411 g/mol. The summed E-state index contributed by atoms with van der Waals surface area (Å²) >= 11 is 6.02. The van der Waals surface area contributed by atoms with Gasteiger partial charge in [-0.1, -0.05) is 27.7 Å². The highest BCUT2D eigenvalue weighted by molar-refractivity contribution is 6.18. The van der Waals surface area contributed by atoms with Gasteiger partial charge >= 0.3 is 17.6 Å². The molecule has 0 bridgehead atoms. The molecule has 29 heavy (non-hydrogen) atoms. The first-order valence-corrected chi connectivity index (χ1v) is 9.46. The second-order valence-electron chi connectivity index (χ2n) is 7.07. The molecule has 1 N–H and O–H groups in total. The molecule has 0 aliphatic heterocycles. The number of hydrogen-bond donors (Lipinski definition) is 1. The summed E-state index contributed by atoms with van der Waals surface area (Å²) in [6.45, 7) is 5.75. The van der Waals surface area contributed by atoms with E-state index in [0.29, 0.717) is 4.57 Å². The number of alkyl halides is 2. The highest BCUT2D eigenvalue weighted by atomic mass is 35.5. The van der Waals surface area contributed by atoms with Crippen LogP contribution in [0, 0.1) is 11.8 Å². The molecule has 9 nitrogen and oxygen atoms in total. The van der Waals surface area contributed by atoms with Gasteiger partial charge in [-0.05, 0) is 0 Å². The van der Waals surface area contributed by atoms with Crippen LogP contribution in [0.25, 0.3) is 0 Å². The van der Waals surface area contributed by atoms with Crippen LogP contribution in [0.3, 0.4) is 0 Å². The third-order valence-electron chi connectivity index (χ3n) is 4.16. The molecule has 0 aromatic carbocycles. The van der Waals surface area contributed by atoms with Crippen molar-refractivity contribution in [2.24, 2.45) is 11.8 Å². The summed E-state index contributed by atoms with van der Waals surface area (Å²) in [6.07, 6.45) is -3.14. The second kappa shape index (κ2) is 10.5. The highest BCUT2D eigenvalue weighted by Gasteiger charge is 2.49. The monoisotopic (exact) mass is 436 g/mol. The van der Waals surface area contributed by atoms with E-state index >= 15 is 4.39 Å². The average Bonchev–Trinajstić information content (AvgIpc) is 2.66. The second-order valence-corrected chi connectivity index (χ2v) is 7.33. The van der Waals surface area contributed by atoms with Gasteiger partial charge in [-0.2, -0.15) is 0 Å². The Balaban J connectivity index is 3.41. The molecule has 0 saturated carbocycles. The molecule has 11 heteroatoms. The Morgan fingerprint density at radius 2 is 1.79 bits per heavy atom. The fraction of sp³-hybridized carbons (Fsp3) is 0.667. The minimum absolute atomic E-state index is 0.427. The van der Waals surface area contributed by atoms with Crippen molar-refractivity contribution in [2.75, 3.05) is 19.6 Å². The molecule has 0 spiro atoms. The summed E-state index contributed by atoms with van der Waals surface area (Å²) in [4.78, 5) is 49.3. The predicted molar refractivity (Wildman–Crippen MR) is 102 cm³/mol. The molecule has 0 unspecified atom stereocenters. The van der Waals surface area contributed by atoms with E-state index in [9.17, 15) is 19.2 Å². The Bertz CT molecular complexity index is 817. The van der Waals surface area contributed by atoms with Gasteiger partial charge in [-0.25, -0.2) is 9.18 Å². The third-order valence-corrected chi connectivity index (χ3v) is 4.62. The minimum Gasteiger partial charge on any atom is -0.462 e. The number of halogens is 2. The number of hydrogen-bond acceptors (Lipinski definition) is 7. The minimum atomic E-state index is -2.29. The molecule has 1 aromatic heterocycles. The van der Waals surface area contributed by atoms with E-state index in [4.69, 9.17) is 25.8 Å². The summed E-state index contributed by atoms with van der Waals surface area (Å²) in [5.41, 5.74) is -3.59. The SMILES string of the molecule is CO[C@](CCl)(COC(=O)C(C)C)[C@@H](OC(=O)C(C)C)[C@@H](F)n1ccc(=O)[nH]c1=O. The Morgan fingerprint density at radius 3 is 2.24 bits per heavy atom. The third kappa shape index (κ3) is 6.14. The van der Waals surface area contributed by atoms with E-state index < -0.39 is 65.5 Å². The molecule has 0 amide bonds. The van der Waals surface area contributed by atoms with Crippen molar-refractivity contribution < 1.29 is 28.2 Å². The normalized spacial score (nSPS) is 15.6. The Kier molecular flexibility index (Phi) is 9.03. The summed E-state index contributed by atoms with van der Waals surface area (Å²) in [5, 5.41) is 0. The Hall–Kier alpha value is -2.20. The number of rotatable bonds is 10. The van der Waals surface area contributed by atoms with Crippen LogP contribution in [0.15, 0.2) is 21.9 Å². The number of ether oxygens (including phenoxy) is 3. The van der Waals surface area contributed by atoms with E-state index in [2.05, 4.69) is 0 Å². The molecule has 0 aliphatic carbocycles. The number of carbonyl (C=O) groups is 2. The lowest BCUT2D eigenvalue weighted by atomic mass is 9.97. The van der Waals surface area contributed by atoms with Gasteiger partial charge in [-0.3, -0.25) is 23.9 Å². The van der Waals surface area contributed by atoms with E-state index in [1.807, 2.05) is 4.98 Å². The van der Waals surface area contributed by atoms with E-state index in [0.717, 1.165) is 12.3 Å². The Labute approximate surface area is 172 Å². The highest BCUT2D eigenvalue weighted by Crippen LogP contribution is 2.31. The van der Waals surface area contributed by atoms with Gasteiger partial charge in [0.15, 0.2) is 11.7 Å². The first-order valence-electron chi connectivity index (χ1n) is 8.92. The average molecular weight is 437 g/mol. The quantitative estimate of drug-likeness (QED) is 0.435. The maximum absolute atomic E-state index is 15.5. The molecular formula is C18H26ClFN2O7. The zero-order valence-electron chi connectivity index (χ0n) is 16.9. The Morgan fingerprint density at radius 1 is 1.21 bits per heavy atom. The molecule has 1 heterocycles. The summed E-state index contributed by atoms with van der Waals surface area (Å²) < 4.78 is 31.8. The molecule has 3 atom stereocenters. The number of nitrogens with one attached hydrogen (secondary N) is 1. The number of esters is 2. The number of methoxy groups -OCH3 is 1. The summed E-state index contributed by atoms with van der Waals surface area (Å²) in [5.74, 6) is -2.90. The van der Waals surface area contributed by atoms with Crippen molar-refractivity contribution in [3.63, 3.8) is 0 Å². The van der Waals surface area contributed by atoms with Crippen LogP contribution in [0.1, 0.15) is 34.0 Å². The van der Waals surface area contributed by atoms with Gasteiger partial charge in [0, 0.05) is 19.4 Å². The fourth-order valence-electron chi connectivity index (χ4n) is 2.23. The van der Waals surface area contributed by atoms with E-state index in [1.165, 1.54) is 21.0 Å². The maximum atomic E-state index is 15.5. The molecule has 0 saturated heterocycles. The molecule has 0 radical (unpaired) electrons. The first-order chi connectivity index (χ1) is 13.5. The molecule has 164 valence electrons. The van der Waals surface area contributed by atoms with Crippen LogP contribution in [-0.2, 0) is 23.8 Å². The lowest BCUT2D eigenvalue weighted by Crippen LogP contribution is -2.56. The lowest BCUT2D eigenvalue weighted by molar-refractivity contribution is -0.199.